The third kappa shape index (κ3) is 5.28. The van der Waals surface area contributed by atoms with Crippen molar-refractivity contribution >= 4 is 24.4 Å². The van der Waals surface area contributed by atoms with Crippen LogP contribution >= 0.6 is 0 Å². The molecule has 118 valence electrons. The van der Waals surface area contributed by atoms with Crippen molar-refractivity contribution in [3.8, 4) is 0 Å². The van der Waals surface area contributed by atoms with E-state index in [-0.39, 0.29) is 5.56 Å². The lowest BCUT2D eigenvalue weighted by Gasteiger charge is -2.11. The molecule has 9 heteroatoms. The van der Waals surface area contributed by atoms with Gasteiger partial charge < -0.3 is 15.4 Å². The molecule has 1 aromatic rings. The Morgan fingerprint density at radius 2 is 2.09 bits per heavy atom. The summed E-state index contributed by atoms with van der Waals surface area (Å²) in [7, 11) is -0.721. The highest BCUT2D eigenvalue weighted by molar-refractivity contribution is 6.58. The van der Waals surface area contributed by atoms with Crippen LogP contribution in [-0.2, 0) is 9.63 Å². The first-order chi connectivity index (χ1) is 10.3. The highest BCUT2D eigenvalue weighted by Crippen LogP contribution is 2.02. The Balaban J connectivity index is 2.73. The summed E-state index contributed by atoms with van der Waals surface area (Å²) in [5.41, 5.74) is 1.74. The second kappa shape index (κ2) is 8.27. The summed E-state index contributed by atoms with van der Waals surface area (Å²) in [5, 5.41) is 20.6. The lowest BCUT2D eigenvalue weighted by atomic mass is 9.79. The van der Waals surface area contributed by atoms with Crippen LogP contribution in [0.1, 0.15) is 17.3 Å². The lowest BCUT2D eigenvalue weighted by Crippen LogP contribution is -2.36. The topological polar surface area (TPSA) is 108 Å². The normalized spacial score (nSPS) is 12.0. The van der Waals surface area contributed by atoms with Crippen molar-refractivity contribution in [1.29, 1.82) is 0 Å². The largest absolute Gasteiger partial charge is 0.491 e. The number of benzene rings is 1. The second-order valence-electron chi connectivity index (χ2n) is 4.40. The number of nitrogens with one attached hydrogen (secondary N) is 2. The molecule has 0 aliphatic heterocycles. The van der Waals surface area contributed by atoms with Crippen LogP contribution in [0, 0.1) is 5.82 Å². The maximum atomic E-state index is 13.3. The van der Waals surface area contributed by atoms with E-state index in [4.69, 9.17) is 10.0 Å². The minimum Gasteiger partial charge on any atom is -0.423 e. The van der Waals surface area contributed by atoms with Crippen LogP contribution in [0.15, 0.2) is 30.4 Å². The van der Waals surface area contributed by atoms with Crippen LogP contribution in [0.25, 0.3) is 0 Å². The van der Waals surface area contributed by atoms with Gasteiger partial charge in [-0.3, -0.25) is 14.4 Å². The Morgan fingerprint density at radius 1 is 1.41 bits per heavy atom. The van der Waals surface area contributed by atoms with Crippen molar-refractivity contribution < 1.29 is 28.9 Å². The summed E-state index contributed by atoms with van der Waals surface area (Å²) in [4.78, 5) is 27.5. The maximum Gasteiger partial charge on any atom is 0.491 e. The van der Waals surface area contributed by atoms with E-state index in [1.54, 1.807) is 6.92 Å². The van der Waals surface area contributed by atoms with E-state index in [2.05, 4.69) is 15.6 Å². The van der Waals surface area contributed by atoms with Crippen LogP contribution in [0.4, 0.5) is 4.39 Å². The van der Waals surface area contributed by atoms with Crippen molar-refractivity contribution in [3.63, 3.8) is 0 Å². The molecule has 0 saturated heterocycles. The molecule has 0 unspecified atom stereocenters. The van der Waals surface area contributed by atoms with E-state index in [1.807, 2.05) is 0 Å². The summed E-state index contributed by atoms with van der Waals surface area (Å²) in [6.07, 6.45) is 2.61. The summed E-state index contributed by atoms with van der Waals surface area (Å²) in [6, 6.07) is 2.74. The molecular formula is C13H16BFN2O5. The molecule has 0 aliphatic rings. The van der Waals surface area contributed by atoms with E-state index in [1.165, 1.54) is 25.3 Å². The molecule has 4 N–H and O–H groups in total. The summed E-state index contributed by atoms with van der Waals surface area (Å²) >= 11 is 0. The third-order valence-corrected chi connectivity index (χ3v) is 2.63. The Hall–Kier alpha value is -2.23. The second-order valence-corrected chi connectivity index (χ2v) is 4.40. The van der Waals surface area contributed by atoms with Gasteiger partial charge in [0.25, 0.3) is 11.8 Å². The van der Waals surface area contributed by atoms with E-state index in [0.29, 0.717) is 0 Å². The molecule has 1 atom stereocenters. The van der Waals surface area contributed by atoms with Gasteiger partial charge in [-0.05, 0) is 25.1 Å². The molecule has 1 rings (SSSR count). The van der Waals surface area contributed by atoms with Crippen LogP contribution in [0.5, 0.6) is 0 Å². The smallest absolute Gasteiger partial charge is 0.423 e. The maximum absolute atomic E-state index is 13.3. The fourth-order valence-electron chi connectivity index (χ4n) is 1.59. The van der Waals surface area contributed by atoms with Gasteiger partial charge in [0.1, 0.15) is 5.82 Å². The summed E-state index contributed by atoms with van der Waals surface area (Å²) in [5.74, 6) is -1.86. The van der Waals surface area contributed by atoms with Crippen molar-refractivity contribution in [3.05, 3.63) is 41.7 Å². The van der Waals surface area contributed by atoms with Crippen LogP contribution in [0.3, 0.4) is 0 Å². The van der Waals surface area contributed by atoms with Crippen molar-refractivity contribution in [1.82, 2.24) is 10.8 Å². The van der Waals surface area contributed by atoms with Gasteiger partial charge in [-0.15, -0.1) is 0 Å². The predicted octanol–water partition coefficient (Wildman–Crippen LogP) is -1.14. The number of halogens is 1. The Kier molecular flexibility index (Phi) is 6.70. The number of rotatable bonds is 6. The summed E-state index contributed by atoms with van der Waals surface area (Å²) in [6.45, 7) is 1.62. The van der Waals surface area contributed by atoms with Gasteiger partial charge in [0.05, 0.1) is 7.11 Å². The lowest BCUT2D eigenvalue weighted by molar-refractivity contribution is -0.126. The van der Waals surface area contributed by atoms with E-state index in [9.17, 15) is 14.0 Å². The van der Waals surface area contributed by atoms with Crippen molar-refractivity contribution in [2.75, 3.05) is 7.11 Å². The van der Waals surface area contributed by atoms with Crippen LogP contribution in [-0.4, -0.2) is 42.1 Å². The average Bonchev–Trinajstić information content (AvgIpc) is 2.45. The van der Waals surface area contributed by atoms with Crippen molar-refractivity contribution in [2.24, 2.45) is 0 Å². The first-order valence-electron chi connectivity index (χ1n) is 6.32. The standard InChI is InChI=1S/C13H16BFN2O5/c1-8(3-6-12(18)17-22-2)16-13(19)9-4-5-11(15)10(7-9)14(20)21/h3-8,20-21H,1-2H3,(H,16,19)(H,17,18)/b6-3+/t8-/m0/s1. The molecule has 2 amide bonds. The fraction of sp³-hybridized carbons (Fsp3) is 0.231. The van der Waals surface area contributed by atoms with Gasteiger partial charge in [-0.25, -0.2) is 9.87 Å². The number of amides is 2. The van der Waals surface area contributed by atoms with E-state index >= 15 is 0 Å². The Morgan fingerprint density at radius 3 is 2.68 bits per heavy atom. The number of carbonyl (C=O) groups is 2. The zero-order chi connectivity index (χ0) is 16.7. The van der Waals surface area contributed by atoms with Gasteiger partial charge in [-0.2, -0.15) is 0 Å². The molecule has 0 bridgehead atoms. The number of hydrogen-bond donors (Lipinski definition) is 4. The quantitative estimate of drug-likeness (QED) is 0.302. The predicted molar refractivity (Wildman–Crippen MR) is 77.4 cm³/mol. The number of hydroxylamine groups is 1. The van der Waals surface area contributed by atoms with E-state index in [0.717, 1.165) is 12.1 Å². The SMILES string of the molecule is CONC(=O)/C=C/[C@H](C)NC(=O)c1ccc(F)c(B(O)O)c1. The minimum absolute atomic E-state index is 0.0612. The molecule has 7 nitrogen and oxygen atoms in total. The molecule has 0 saturated carbocycles. The highest BCUT2D eigenvalue weighted by Gasteiger charge is 2.19. The van der Waals surface area contributed by atoms with E-state index < -0.39 is 36.3 Å². The molecule has 0 fully saturated rings. The monoisotopic (exact) mass is 310 g/mol. The molecule has 0 spiro atoms. The van der Waals surface area contributed by atoms with Gasteiger partial charge in [0.2, 0.25) is 0 Å². The number of hydrogen-bond acceptors (Lipinski definition) is 5. The minimum atomic E-state index is -2.01. The highest BCUT2D eigenvalue weighted by atomic mass is 19.1. The van der Waals surface area contributed by atoms with Gasteiger partial charge in [-0.1, -0.05) is 6.08 Å². The van der Waals surface area contributed by atoms with Gasteiger partial charge in [0.15, 0.2) is 0 Å². The van der Waals surface area contributed by atoms with Crippen LogP contribution in [0.2, 0.25) is 0 Å². The molecule has 0 aliphatic carbocycles. The molecule has 0 aromatic heterocycles. The zero-order valence-electron chi connectivity index (χ0n) is 12.0. The average molecular weight is 310 g/mol. The molecule has 0 radical (unpaired) electrons. The van der Waals surface area contributed by atoms with Crippen molar-refractivity contribution in [2.45, 2.75) is 13.0 Å². The van der Waals surface area contributed by atoms with Crippen LogP contribution < -0.4 is 16.3 Å². The first-order valence-corrected chi connectivity index (χ1v) is 6.32. The number of carbonyl (C=O) groups excluding carboxylic acids is 2. The fourth-order valence-corrected chi connectivity index (χ4v) is 1.59. The third-order valence-electron chi connectivity index (χ3n) is 2.63. The van der Waals surface area contributed by atoms with Gasteiger partial charge in [0, 0.05) is 23.1 Å². The van der Waals surface area contributed by atoms with Gasteiger partial charge >= 0.3 is 7.12 Å². The zero-order valence-corrected chi connectivity index (χ0v) is 12.0. The Labute approximate surface area is 126 Å². The summed E-state index contributed by atoms with van der Waals surface area (Å²) < 4.78 is 13.3. The molecule has 22 heavy (non-hydrogen) atoms. The Bertz CT molecular complexity index is 580. The molecule has 0 heterocycles. The molecular weight excluding hydrogens is 294 g/mol. The molecule has 1 aromatic carbocycles. The first kappa shape index (κ1) is 17.8.